The molecule has 0 aliphatic carbocycles. The summed E-state index contributed by atoms with van der Waals surface area (Å²) in [7, 11) is 0. The van der Waals surface area contributed by atoms with Gasteiger partial charge in [0.1, 0.15) is 11.6 Å². The monoisotopic (exact) mass is 466 g/mol. The Morgan fingerprint density at radius 2 is 1.82 bits per heavy atom. The highest BCUT2D eigenvalue weighted by Crippen LogP contribution is 2.30. The summed E-state index contributed by atoms with van der Waals surface area (Å²) >= 11 is 6.31. The second kappa shape index (κ2) is 12.8. The molecule has 0 aliphatic rings. The molecule has 6 heteroatoms. The lowest BCUT2D eigenvalue weighted by Gasteiger charge is -2.16. The molecule has 0 radical (unpaired) electrons. The number of anilines is 1. The van der Waals surface area contributed by atoms with E-state index in [2.05, 4.69) is 35.7 Å². The lowest BCUT2D eigenvalue weighted by molar-refractivity contribution is 0.627. The van der Waals surface area contributed by atoms with Crippen molar-refractivity contribution >= 4 is 29.2 Å². The fourth-order valence-electron chi connectivity index (χ4n) is 3.22. The maximum absolute atomic E-state index is 13.7. The Kier molecular flexibility index (Phi) is 10.1. The van der Waals surface area contributed by atoms with E-state index in [0.717, 1.165) is 11.3 Å². The van der Waals surface area contributed by atoms with Crippen LogP contribution in [0.1, 0.15) is 55.5 Å². The Bertz CT molecular complexity index is 1120. The van der Waals surface area contributed by atoms with E-state index >= 15 is 0 Å². The average molecular weight is 467 g/mol. The smallest absolute Gasteiger partial charge is 0.163 e. The van der Waals surface area contributed by atoms with Crippen molar-refractivity contribution in [1.82, 2.24) is 9.97 Å². The van der Waals surface area contributed by atoms with Gasteiger partial charge in [-0.15, -0.1) is 0 Å². The lowest BCUT2D eigenvalue weighted by atomic mass is 10.1. The molecular formula is C27H32ClFN4. The Hall–Kier alpha value is -3.18. The van der Waals surface area contributed by atoms with Gasteiger partial charge in [-0.1, -0.05) is 69.5 Å². The number of hydrogen-bond donors (Lipinski definition) is 2. The normalized spacial score (nSPS) is 10.6. The first-order valence-electron chi connectivity index (χ1n) is 11.1. The quantitative estimate of drug-likeness (QED) is 0.373. The van der Waals surface area contributed by atoms with Gasteiger partial charge in [0.05, 0.1) is 10.7 Å². The van der Waals surface area contributed by atoms with Gasteiger partial charge in [0.15, 0.2) is 5.82 Å². The molecule has 1 heterocycles. The van der Waals surface area contributed by atoms with Crippen LogP contribution in [0.15, 0.2) is 55.2 Å². The standard InChI is InChI=1S/C22H20ClFN4.C5H12/c1-13-8-9-16(24)12-19(13)15(3)27-21-17(10-11-25)14(2)26-22(28-21)18-6-4-5-7-20(18)23;1-3-5-4-2/h4-12H,3,25H2,1-2H3,(H,26,27,28);3-5H2,1-2H3/b11-10-;. The van der Waals surface area contributed by atoms with Gasteiger partial charge >= 0.3 is 0 Å². The summed E-state index contributed by atoms with van der Waals surface area (Å²) in [6.07, 6.45) is 7.20. The SMILES string of the molecule is C=C(Nc1nc(-c2ccccc2Cl)nc(C)c1/C=C\N)c1cc(F)ccc1C.CCCCC. The van der Waals surface area contributed by atoms with Crippen LogP contribution >= 0.6 is 11.6 Å². The fourth-order valence-corrected chi connectivity index (χ4v) is 3.44. The van der Waals surface area contributed by atoms with Gasteiger partial charge in [0.2, 0.25) is 0 Å². The number of benzene rings is 2. The molecule has 0 saturated heterocycles. The first-order chi connectivity index (χ1) is 15.8. The van der Waals surface area contributed by atoms with Gasteiger partial charge in [0.25, 0.3) is 0 Å². The van der Waals surface area contributed by atoms with Crippen molar-refractivity contribution in [3.05, 3.63) is 88.5 Å². The van der Waals surface area contributed by atoms with E-state index in [1.807, 2.05) is 32.0 Å². The summed E-state index contributed by atoms with van der Waals surface area (Å²) in [5.74, 6) is 0.655. The van der Waals surface area contributed by atoms with Crippen molar-refractivity contribution in [2.24, 2.45) is 5.73 Å². The minimum atomic E-state index is -0.332. The Balaban J connectivity index is 0.000000696. The number of unbranched alkanes of at least 4 members (excludes halogenated alkanes) is 2. The summed E-state index contributed by atoms with van der Waals surface area (Å²) in [5.41, 5.74) is 9.83. The van der Waals surface area contributed by atoms with Crippen LogP contribution in [0.25, 0.3) is 23.2 Å². The zero-order valence-corrected chi connectivity index (χ0v) is 20.5. The predicted octanol–water partition coefficient (Wildman–Crippen LogP) is 7.76. The van der Waals surface area contributed by atoms with Crippen LogP contribution in [-0.2, 0) is 0 Å². The molecule has 3 N–H and O–H groups in total. The summed E-state index contributed by atoms with van der Waals surface area (Å²) < 4.78 is 13.7. The average Bonchev–Trinajstić information content (AvgIpc) is 2.79. The van der Waals surface area contributed by atoms with E-state index in [0.29, 0.717) is 39.1 Å². The van der Waals surface area contributed by atoms with E-state index in [9.17, 15) is 4.39 Å². The van der Waals surface area contributed by atoms with Gasteiger partial charge in [-0.05, 0) is 56.0 Å². The minimum absolute atomic E-state index is 0.332. The molecule has 0 spiro atoms. The first kappa shape index (κ1) is 26.1. The van der Waals surface area contributed by atoms with Gasteiger partial charge in [-0.25, -0.2) is 14.4 Å². The molecule has 0 saturated carbocycles. The second-order valence-electron chi connectivity index (χ2n) is 7.65. The van der Waals surface area contributed by atoms with E-state index in [4.69, 9.17) is 17.3 Å². The molecule has 3 rings (SSSR count). The largest absolute Gasteiger partial charge is 0.405 e. The van der Waals surface area contributed by atoms with Crippen LogP contribution in [0.2, 0.25) is 5.02 Å². The molecule has 0 atom stereocenters. The van der Waals surface area contributed by atoms with Crippen molar-refractivity contribution in [1.29, 1.82) is 0 Å². The number of aryl methyl sites for hydroxylation is 2. The molecule has 0 aliphatic heterocycles. The van der Waals surface area contributed by atoms with Crippen molar-refractivity contribution < 1.29 is 4.39 Å². The van der Waals surface area contributed by atoms with Gasteiger partial charge < -0.3 is 11.1 Å². The molecule has 1 aromatic heterocycles. The number of rotatable bonds is 7. The zero-order valence-electron chi connectivity index (χ0n) is 19.8. The first-order valence-corrected chi connectivity index (χ1v) is 11.4. The molecule has 2 aromatic carbocycles. The van der Waals surface area contributed by atoms with Crippen molar-refractivity contribution in [2.75, 3.05) is 5.32 Å². The molecular weight excluding hydrogens is 435 g/mol. The van der Waals surface area contributed by atoms with E-state index in [1.165, 1.54) is 37.6 Å². The summed E-state index contributed by atoms with van der Waals surface area (Å²) in [6, 6.07) is 11.9. The number of halogens is 2. The fraction of sp³-hybridized carbons (Fsp3) is 0.259. The third-order valence-corrected chi connectivity index (χ3v) is 5.34. The Morgan fingerprint density at radius 1 is 1.12 bits per heavy atom. The van der Waals surface area contributed by atoms with Gasteiger partial charge in [-0.3, -0.25) is 0 Å². The minimum Gasteiger partial charge on any atom is -0.405 e. The third kappa shape index (κ3) is 7.16. The molecule has 174 valence electrons. The summed E-state index contributed by atoms with van der Waals surface area (Å²) in [4.78, 5) is 9.20. The highest BCUT2D eigenvalue weighted by atomic mass is 35.5. The molecule has 0 fully saturated rings. The number of hydrogen-bond acceptors (Lipinski definition) is 4. The highest BCUT2D eigenvalue weighted by molar-refractivity contribution is 6.33. The summed E-state index contributed by atoms with van der Waals surface area (Å²) in [5, 5.41) is 3.74. The number of aromatic nitrogens is 2. The third-order valence-electron chi connectivity index (χ3n) is 5.02. The van der Waals surface area contributed by atoms with Crippen molar-refractivity contribution in [3.63, 3.8) is 0 Å². The van der Waals surface area contributed by atoms with Crippen LogP contribution in [0, 0.1) is 19.7 Å². The number of nitrogens with two attached hydrogens (primary N) is 1. The van der Waals surface area contributed by atoms with Crippen LogP contribution in [0.3, 0.4) is 0 Å². The number of nitrogens with one attached hydrogen (secondary N) is 1. The van der Waals surface area contributed by atoms with Crippen molar-refractivity contribution in [3.8, 4) is 11.4 Å². The second-order valence-corrected chi connectivity index (χ2v) is 8.06. The van der Waals surface area contributed by atoms with E-state index in [1.54, 1.807) is 18.2 Å². The highest BCUT2D eigenvalue weighted by Gasteiger charge is 2.15. The van der Waals surface area contributed by atoms with Crippen molar-refractivity contribution in [2.45, 2.75) is 47.0 Å². The summed E-state index contributed by atoms with van der Waals surface area (Å²) in [6.45, 7) is 12.2. The van der Waals surface area contributed by atoms with E-state index in [-0.39, 0.29) is 5.82 Å². The van der Waals surface area contributed by atoms with E-state index < -0.39 is 0 Å². The molecule has 3 aromatic rings. The van der Waals surface area contributed by atoms with Crippen LogP contribution in [0.4, 0.5) is 10.2 Å². The predicted molar refractivity (Wildman–Crippen MR) is 139 cm³/mol. The van der Waals surface area contributed by atoms with Crippen LogP contribution < -0.4 is 11.1 Å². The molecule has 0 bridgehead atoms. The number of nitrogens with zero attached hydrogens (tertiary/aromatic N) is 2. The Labute approximate surface area is 201 Å². The lowest BCUT2D eigenvalue weighted by Crippen LogP contribution is -2.07. The van der Waals surface area contributed by atoms with Gasteiger partial charge in [0, 0.05) is 22.4 Å². The molecule has 33 heavy (non-hydrogen) atoms. The maximum Gasteiger partial charge on any atom is 0.163 e. The molecule has 0 amide bonds. The van der Waals surface area contributed by atoms with Gasteiger partial charge in [-0.2, -0.15) is 0 Å². The van der Waals surface area contributed by atoms with Crippen LogP contribution in [0.5, 0.6) is 0 Å². The molecule has 4 nitrogen and oxygen atoms in total. The Morgan fingerprint density at radius 3 is 2.42 bits per heavy atom. The topological polar surface area (TPSA) is 63.8 Å². The van der Waals surface area contributed by atoms with Crippen LogP contribution in [-0.4, -0.2) is 9.97 Å². The zero-order chi connectivity index (χ0) is 24.4. The maximum atomic E-state index is 13.7. The molecule has 0 unspecified atom stereocenters.